The molecule has 0 fully saturated rings. The molecule has 1 aliphatic rings. The van der Waals surface area contributed by atoms with E-state index in [0.717, 1.165) is 5.56 Å². The molecule has 27 heavy (non-hydrogen) atoms. The van der Waals surface area contributed by atoms with Crippen molar-refractivity contribution in [1.82, 2.24) is 4.98 Å². The van der Waals surface area contributed by atoms with Crippen molar-refractivity contribution in [3.05, 3.63) is 53.7 Å². The van der Waals surface area contributed by atoms with Crippen LogP contribution in [0.3, 0.4) is 0 Å². The van der Waals surface area contributed by atoms with Gasteiger partial charge in [0.1, 0.15) is 5.56 Å². The van der Waals surface area contributed by atoms with Crippen LogP contribution in [0.15, 0.2) is 42.5 Å². The fourth-order valence-corrected chi connectivity index (χ4v) is 3.10. The van der Waals surface area contributed by atoms with Gasteiger partial charge in [0.15, 0.2) is 17.2 Å². The Balaban J connectivity index is 2.16. The van der Waals surface area contributed by atoms with Crippen molar-refractivity contribution >= 4 is 22.8 Å². The summed E-state index contributed by atoms with van der Waals surface area (Å²) in [5.41, 5.74) is 1.66. The molecule has 1 aliphatic heterocycles. The maximum Gasteiger partial charge on any atom is 0.357 e. The number of carbonyl (C=O) groups is 2. The molecule has 2 aromatic carbocycles. The SMILES string of the molecule is COC(=O)c1nc2cc3c(cc2c(-c2ccccc2)c1C(=O)OC)OCO3. The second-order valence-corrected chi connectivity index (χ2v) is 5.78. The van der Waals surface area contributed by atoms with Gasteiger partial charge in [0, 0.05) is 17.0 Å². The Morgan fingerprint density at radius 1 is 0.963 bits per heavy atom. The quantitative estimate of drug-likeness (QED) is 0.659. The predicted octanol–water partition coefficient (Wildman–Crippen LogP) is 3.20. The molecule has 0 N–H and O–H groups in total. The van der Waals surface area contributed by atoms with Gasteiger partial charge in [-0.25, -0.2) is 14.6 Å². The molecule has 7 heteroatoms. The van der Waals surface area contributed by atoms with Crippen LogP contribution in [0.1, 0.15) is 20.8 Å². The van der Waals surface area contributed by atoms with Gasteiger partial charge in [-0.3, -0.25) is 0 Å². The van der Waals surface area contributed by atoms with Gasteiger partial charge in [0.05, 0.1) is 19.7 Å². The van der Waals surface area contributed by atoms with Crippen LogP contribution in [0.25, 0.3) is 22.0 Å². The first-order valence-electron chi connectivity index (χ1n) is 8.13. The van der Waals surface area contributed by atoms with Crippen LogP contribution in [-0.2, 0) is 9.47 Å². The first kappa shape index (κ1) is 16.8. The van der Waals surface area contributed by atoms with E-state index in [0.29, 0.717) is 28.0 Å². The van der Waals surface area contributed by atoms with Crippen molar-refractivity contribution in [2.75, 3.05) is 21.0 Å². The number of esters is 2. The van der Waals surface area contributed by atoms with E-state index >= 15 is 0 Å². The Bertz CT molecular complexity index is 1060. The predicted molar refractivity (Wildman–Crippen MR) is 96.0 cm³/mol. The van der Waals surface area contributed by atoms with E-state index in [1.165, 1.54) is 14.2 Å². The molecule has 0 aliphatic carbocycles. The molecule has 2 heterocycles. The molecule has 1 aromatic heterocycles. The Labute approximate surface area is 154 Å². The Hall–Kier alpha value is -3.61. The molecule has 0 unspecified atom stereocenters. The molecule has 0 saturated heterocycles. The highest BCUT2D eigenvalue weighted by Crippen LogP contribution is 2.41. The highest BCUT2D eigenvalue weighted by Gasteiger charge is 2.29. The molecule has 0 radical (unpaired) electrons. The van der Waals surface area contributed by atoms with Crippen molar-refractivity contribution in [3.63, 3.8) is 0 Å². The summed E-state index contributed by atoms with van der Waals surface area (Å²) in [4.78, 5) is 29.3. The average Bonchev–Trinajstić information content (AvgIpc) is 3.17. The van der Waals surface area contributed by atoms with Gasteiger partial charge >= 0.3 is 11.9 Å². The number of benzene rings is 2. The van der Waals surface area contributed by atoms with E-state index in [9.17, 15) is 9.59 Å². The van der Waals surface area contributed by atoms with Crippen LogP contribution in [0, 0.1) is 0 Å². The highest BCUT2D eigenvalue weighted by molar-refractivity contribution is 6.13. The monoisotopic (exact) mass is 365 g/mol. The number of aromatic nitrogens is 1. The van der Waals surface area contributed by atoms with E-state index in [4.69, 9.17) is 18.9 Å². The largest absolute Gasteiger partial charge is 0.465 e. The maximum atomic E-state index is 12.6. The van der Waals surface area contributed by atoms with Gasteiger partial charge in [-0.05, 0) is 11.6 Å². The zero-order valence-electron chi connectivity index (χ0n) is 14.6. The van der Waals surface area contributed by atoms with Gasteiger partial charge in [-0.15, -0.1) is 0 Å². The molecular weight excluding hydrogens is 350 g/mol. The third-order valence-corrected chi connectivity index (χ3v) is 4.31. The first-order chi connectivity index (χ1) is 13.1. The Morgan fingerprint density at radius 2 is 1.63 bits per heavy atom. The molecule has 0 spiro atoms. The lowest BCUT2D eigenvalue weighted by Gasteiger charge is -2.15. The van der Waals surface area contributed by atoms with Gasteiger partial charge in [0.2, 0.25) is 6.79 Å². The molecule has 7 nitrogen and oxygen atoms in total. The van der Waals surface area contributed by atoms with Crippen LogP contribution in [0.2, 0.25) is 0 Å². The number of rotatable bonds is 3. The third kappa shape index (κ3) is 2.73. The molecule has 0 amide bonds. The molecule has 136 valence electrons. The number of ether oxygens (including phenoxy) is 4. The minimum atomic E-state index is -0.729. The smallest absolute Gasteiger partial charge is 0.357 e. The lowest BCUT2D eigenvalue weighted by atomic mass is 9.93. The number of nitrogens with zero attached hydrogens (tertiary/aromatic N) is 1. The minimum absolute atomic E-state index is 0.0434. The molecule has 0 atom stereocenters. The summed E-state index contributed by atoms with van der Waals surface area (Å²) in [5, 5.41) is 0.638. The van der Waals surface area contributed by atoms with Gasteiger partial charge < -0.3 is 18.9 Å². The fraction of sp³-hybridized carbons (Fsp3) is 0.150. The van der Waals surface area contributed by atoms with Crippen LogP contribution >= 0.6 is 0 Å². The van der Waals surface area contributed by atoms with E-state index in [2.05, 4.69) is 4.98 Å². The molecular formula is C20H15NO6. The number of carbonyl (C=O) groups excluding carboxylic acids is 2. The van der Waals surface area contributed by atoms with E-state index in [1.54, 1.807) is 12.1 Å². The van der Waals surface area contributed by atoms with Gasteiger partial charge in [-0.2, -0.15) is 0 Å². The second-order valence-electron chi connectivity index (χ2n) is 5.78. The number of fused-ring (bicyclic) bond motifs is 2. The normalized spacial score (nSPS) is 12.1. The Kier molecular flexibility index (Phi) is 4.12. The third-order valence-electron chi connectivity index (χ3n) is 4.31. The highest BCUT2D eigenvalue weighted by atomic mass is 16.7. The lowest BCUT2D eigenvalue weighted by Crippen LogP contribution is -2.16. The summed E-state index contributed by atoms with van der Waals surface area (Å²) in [6.45, 7) is 0.0973. The van der Waals surface area contributed by atoms with Crippen LogP contribution < -0.4 is 9.47 Å². The zero-order valence-corrected chi connectivity index (χ0v) is 14.6. The van der Waals surface area contributed by atoms with Crippen LogP contribution in [0.4, 0.5) is 0 Å². The van der Waals surface area contributed by atoms with Gasteiger partial charge in [-0.1, -0.05) is 30.3 Å². The second kappa shape index (κ2) is 6.60. The van der Waals surface area contributed by atoms with Crippen molar-refractivity contribution in [2.24, 2.45) is 0 Å². The Morgan fingerprint density at radius 3 is 2.30 bits per heavy atom. The summed E-state index contributed by atoms with van der Waals surface area (Å²) in [6, 6.07) is 12.7. The number of pyridine rings is 1. The van der Waals surface area contributed by atoms with Gasteiger partial charge in [0.25, 0.3) is 0 Å². The number of hydrogen-bond acceptors (Lipinski definition) is 7. The number of hydrogen-bond donors (Lipinski definition) is 0. The molecule has 0 bridgehead atoms. The van der Waals surface area contributed by atoms with Crippen molar-refractivity contribution < 1.29 is 28.5 Å². The molecule has 0 saturated carbocycles. The summed E-state index contributed by atoms with van der Waals surface area (Å²) >= 11 is 0. The zero-order chi connectivity index (χ0) is 19.0. The van der Waals surface area contributed by atoms with E-state index in [-0.39, 0.29) is 18.1 Å². The van der Waals surface area contributed by atoms with Crippen molar-refractivity contribution in [3.8, 4) is 22.6 Å². The average molecular weight is 365 g/mol. The van der Waals surface area contributed by atoms with Crippen molar-refractivity contribution in [2.45, 2.75) is 0 Å². The summed E-state index contributed by atoms with van der Waals surface area (Å²) in [7, 11) is 2.49. The van der Waals surface area contributed by atoms with Crippen LogP contribution in [-0.4, -0.2) is 37.9 Å². The maximum absolute atomic E-state index is 12.6. The van der Waals surface area contributed by atoms with Crippen molar-refractivity contribution in [1.29, 1.82) is 0 Å². The topological polar surface area (TPSA) is 84.0 Å². The summed E-state index contributed by atoms with van der Waals surface area (Å²) < 4.78 is 20.6. The number of methoxy groups -OCH3 is 2. The minimum Gasteiger partial charge on any atom is -0.465 e. The first-order valence-corrected chi connectivity index (χ1v) is 8.13. The fourth-order valence-electron chi connectivity index (χ4n) is 3.10. The molecule has 4 rings (SSSR count). The van der Waals surface area contributed by atoms with E-state index in [1.807, 2.05) is 30.3 Å². The standard InChI is InChI=1S/C20H15NO6/c1-24-19(22)17-16(11-6-4-3-5-7-11)12-8-14-15(27-10-26-14)9-13(12)21-18(17)20(23)25-2/h3-9H,10H2,1-2H3. The molecule has 3 aromatic rings. The van der Waals surface area contributed by atoms with Crippen LogP contribution in [0.5, 0.6) is 11.5 Å². The lowest BCUT2D eigenvalue weighted by molar-refractivity contribution is 0.0551. The van der Waals surface area contributed by atoms with E-state index < -0.39 is 11.9 Å². The summed E-state index contributed by atoms with van der Waals surface area (Å²) in [5.74, 6) is -0.341. The summed E-state index contributed by atoms with van der Waals surface area (Å²) in [6.07, 6.45) is 0.